The summed E-state index contributed by atoms with van der Waals surface area (Å²) in [6.45, 7) is 2.92. The third-order valence-corrected chi connectivity index (χ3v) is 5.05. The van der Waals surface area contributed by atoms with E-state index in [2.05, 4.69) is 39.7 Å². The number of aromatic nitrogens is 1. The van der Waals surface area contributed by atoms with E-state index in [4.69, 9.17) is 0 Å². The average Bonchev–Trinajstić information content (AvgIpc) is 3.15. The molecule has 0 saturated heterocycles. The smallest absolute Gasteiger partial charge is 0.352 e. The molecule has 0 bridgehead atoms. The molecular weight excluding hydrogens is 472 g/mol. The van der Waals surface area contributed by atoms with Crippen molar-refractivity contribution in [3.8, 4) is 0 Å². The number of rotatable bonds is 5. The summed E-state index contributed by atoms with van der Waals surface area (Å²) in [5.74, 6) is 0.528. The van der Waals surface area contributed by atoms with Gasteiger partial charge in [-0.2, -0.15) is 13.2 Å². The average molecular weight is 490 g/mol. The molecule has 0 aliphatic heterocycles. The first-order valence-electron chi connectivity index (χ1n) is 6.96. The summed E-state index contributed by atoms with van der Waals surface area (Å²) in [7, 11) is 1.62. The van der Waals surface area contributed by atoms with Crippen LogP contribution in [0.3, 0.4) is 0 Å². The Kier molecular flexibility index (Phi) is 8.43. The van der Waals surface area contributed by atoms with Crippen LogP contribution < -0.4 is 10.6 Å². The van der Waals surface area contributed by atoms with Crippen LogP contribution in [0.15, 0.2) is 22.5 Å². The van der Waals surface area contributed by atoms with Crippen LogP contribution in [0.25, 0.3) is 0 Å². The van der Waals surface area contributed by atoms with Crippen LogP contribution in [-0.2, 0) is 25.7 Å². The molecule has 0 fully saturated rings. The molecule has 2 aromatic heterocycles. The maximum atomic E-state index is 12.5. The number of halogens is 4. The van der Waals surface area contributed by atoms with Crippen molar-refractivity contribution in [1.82, 2.24) is 15.6 Å². The zero-order valence-corrected chi connectivity index (χ0v) is 17.1. The predicted molar refractivity (Wildman–Crippen MR) is 103 cm³/mol. The largest absolute Gasteiger partial charge is 0.434 e. The molecule has 10 heteroatoms. The highest BCUT2D eigenvalue weighted by Gasteiger charge is 2.33. The summed E-state index contributed by atoms with van der Waals surface area (Å²) < 4.78 is 37.5. The number of guanidine groups is 1. The minimum Gasteiger partial charge on any atom is -0.352 e. The topological polar surface area (TPSA) is 49.3 Å². The lowest BCUT2D eigenvalue weighted by Crippen LogP contribution is -2.36. The van der Waals surface area contributed by atoms with E-state index in [-0.39, 0.29) is 30.5 Å². The van der Waals surface area contributed by atoms with Gasteiger partial charge in [0, 0.05) is 22.2 Å². The van der Waals surface area contributed by atoms with Crippen LogP contribution in [0.4, 0.5) is 13.2 Å². The third kappa shape index (κ3) is 6.20. The first-order valence-corrected chi connectivity index (χ1v) is 8.65. The number of nitrogens with one attached hydrogen (secondary N) is 2. The van der Waals surface area contributed by atoms with Crippen LogP contribution in [0.2, 0.25) is 0 Å². The third-order valence-electron chi connectivity index (χ3n) is 2.97. The van der Waals surface area contributed by atoms with E-state index < -0.39 is 11.9 Å². The molecule has 134 valence electrons. The van der Waals surface area contributed by atoms with Crippen LogP contribution in [-0.4, -0.2) is 18.0 Å². The Balaban J connectivity index is 0.00000288. The molecule has 2 heterocycles. The van der Waals surface area contributed by atoms with Crippen molar-refractivity contribution in [2.45, 2.75) is 32.6 Å². The van der Waals surface area contributed by atoms with Gasteiger partial charge in [-0.05, 0) is 18.6 Å². The normalized spacial score (nSPS) is 12.0. The van der Waals surface area contributed by atoms with E-state index in [0.29, 0.717) is 17.5 Å². The molecule has 0 unspecified atom stereocenters. The number of thiazole rings is 1. The lowest BCUT2D eigenvalue weighted by Gasteiger charge is -2.09. The van der Waals surface area contributed by atoms with Gasteiger partial charge in [0.05, 0.1) is 13.1 Å². The van der Waals surface area contributed by atoms with Gasteiger partial charge >= 0.3 is 6.18 Å². The molecule has 0 aliphatic rings. The molecule has 4 nitrogen and oxygen atoms in total. The highest BCUT2D eigenvalue weighted by molar-refractivity contribution is 14.0. The molecular formula is C14H18F3IN4S2. The number of thiophene rings is 1. The van der Waals surface area contributed by atoms with E-state index in [9.17, 15) is 13.2 Å². The molecule has 2 aromatic rings. The Morgan fingerprint density at radius 1 is 1.21 bits per heavy atom. The second-order valence-electron chi connectivity index (χ2n) is 4.63. The Bertz CT molecular complexity index is 667. The molecule has 0 saturated carbocycles. The highest BCUT2D eigenvalue weighted by Crippen LogP contribution is 2.29. The number of aryl methyl sites for hydroxylation is 1. The van der Waals surface area contributed by atoms with Crippen LogP contribution in [0.5, 0.6) is 0 Å². The minimum absolute atomic E-state index is 0. The maximum absolute atomic E-state index is 12.5. The first-order chi connectivity index (χ1) is 10.9. The molecule has 0 aliphatic carbocycles. The van der Waals surface area contributed by atoms with Gasteiger partial charge < -0.3 is 10.6 Å². The molecule has 2 N–H and O–H groups in total. The Morgan fingerprint density at radius 3 is 2.42 bits per heavy atom. The van der Waals surface area contributed by atoms with Crippen LogP contribution >= 0.6 is 46.7 Å². The van der Waals surface area contributed by atoms with Crippen molar-refractivity contribution in [3.63, 3.8) is 0 Å². The monoisotopic (exact) mass is 490 g/mol. The van der Waals surface area contributed by atoms with Gasteiger partial charge in [-0.1, -0.05) is 6.92 Å². The summed E-state index contributed by atoms with van der Waals surface area (Å²) in [6, 6.07) is 4.15. The SMILES string of the molecule is CCc1ccc(CNC(=NC)NCc2nc(C(F)(F)F)cs2)s1.I. The van der Waals surface area contributed by atoms with Gasteiger partial charge in [-0.3, -0.25) is 4.99 Å². The fourth-order valence-corrected chi connectivity index (χ4v) is 3.42. The molecule has 0 atom stereocenters. The van der Waals surface area contributed by atoms with E-state index in [1.807, 2.05) is 0 Å². The van der Waals surface area contributed by atoms with E-state index in [1.54, 1.807) is 18.4 Å². The van der Waals surface area contributed by atoms with Crippen molar-refractivity contribution in [1.29, 1.82) is 0 Å². The van der Waals surface area contributed by atoms with E-state index in [0.717, 1.165) is 23.1 Å². The quantitative estimate of drug-likeness (QED) is 0.374. The molecule has 0 aromatic carbocycles. The molecule has 2 rings (SSSR count). The summed E-state index contributed by atoms with van der Waals surface area (Å²) >= 11 is 2.70. The number of alkyl halides is 3. The summed E-state index contributed by atoms with van der Waals surface area (Å²) in [6.07, 6.45) is -3.39. The first kappa shape index (κ1) is 21.2. The molecule has 0 amide bonds. The Hall–Kier alpha value is -0.880. The summed E-state index contributed by atoms with van der Waals surface area (Å²) in [5.41, 5.74) is -0.854. The van der Waals surface area contributed by atoms with Gasteiger partial charge in [-0.25, -0.2) is 4.98 Å². The number of hydrogen-bond donors (Lipinski definition) is 2. The summed E-state index contributed by atoms with van der Waals surface area (Å²) in [5, 5.41) is 7.48. The van der Waals surface area contributed by atoms with Gasteiger partial charge in [-0.15, -0.1) is 46.7 Å². The van der Waals surface area contributed by atoms with Crippen molar-refractivity contribution in [3.05, 3.63) is 38.0 Å². The summed E-state index contributed by atoms with van der Waals surface area (Å²) in [4.78, 5) is 10.1. The van der Waals surface area contributed by atoms with Crippen LogP contribution in [0, 0.1) is 0 Å². The lowest BCUT2D eigenvalue weighted by molar-refractivity contribution is -0.140. The molecule has 0 spiro atoms. The number of nitrogens with zero attached hydrogens (tertiary/aromatic N) is 2. The van der Waals surface area contributed by atoms with E-state index >= 15 is 0 Å². The van der Waals surface area contributed by atoms with Gasteiger partial charge in [0.15, 0.2) is 11.7 Å². The minimum atomic E-state index is -4.40. The van der Waals surface area contributed by atoms with Crippen molar-refractivity contribution >= 4 is 52.6 Å². The number of hydrogen-bond acceptors (Lipinski definition) is 4. The Morgan fingerprint density at radius 2 is 1.88 bits per heavy atom. The van der Waals surface area contributed by atoms with Gasteiger partial charge in [0.1, 0.15) is 5.01 Å². The fraction of sp³-hybridized carbons (Fsp3) is 0.429. The maximum Gasteiger partial charge on any atom is 0.434 e. The van der Waals surface area contributed by atoms with Gasteiger partial charge in [0.2, 0.25) is 0 Å². The van der Waals surface area contributed by atoms with Gasteiger partial charge in [0.25, 0.3) is 0 Å². The van der Waals surface area contributed by atoms with Crippen LogP contribution in [0.1, 0.15) is 27.4 Å². The highest BCUT2D eigenvalue weighted by atomic mass is 127. The van der Waals surface area contributed by atoms with Crippen molar-refractivity contribution < 1.29 is 13.2 Å². The predicted octanol–water partition coefficient (Wildman–Crippen LogP) is 4.27. The van der Waals surface area contributed by atoms with Crippen molar-refractivity contribution in [2.24, 2.45) is 4.99 Å². The lowest BCUT2D eigenvalue weighted by atomic mass is 10.4. The zero-order chi connectivity index (χ0) is 16.9. The molecule has 0 radical (unpaired) electrons. The second kappa shape index (κ2) is 9.56. The Labute approximate surface area is 163 Å². The zero-order valence-electron chi connectivity index (χ0n) is 13.1. The standard InChI is InChI=1S/C14H17F3N4S2.HI/c1-3-9-4-5-10(23-9)6-19-13(18-2)20-7-12-21-11(8-22-12)14(15,16)17;/h4-5,8H,3,6-7H2,1-2H3,(H2,18,19,20);1H. The fourth-order valence-electron chi connectivity index (χ4n) is 1.78. The van der Waals surface area contributed by atoms with Crippen molar-refractivity contribution in [2.75, 3.05) is 7.05 Å². The van der Waals surface area contributed by atoms with E-state index in [1.165, 1.54) is 9.75 Å². The molecule has 24 heavy (non-hydrogen) atoms. The second-order valence-corrected chi connectivity index (χ2v) is 6.82. The number of aliphatic imine (C=N–C) groups is 1.